The highest BCUT2D eigenvalue weighted by Gasteiger charge is 2.30. The fourth-order valence-electron chi connectivity index (χ4n) is 3.02. The molecule has 2 aromatic carbocycles. The van der Waals surface area contributed by atoms with Crippen LogP contribution in [0.1, 0.15) is 22.8 Å². The van der Waals surface area contributed by atoms with Crippen LogP contribution in [0.2, 0.25) is 0 Å². The highest BCUT2D eigenvalue weighted by Crippen LogP contribution is 2.30. The maximum absolute atomic E-state index is 12.7. The smallest absolute Gasteiger partial charge is 0.368 e. The number of amides is 2. The summed E-state index contributed by atoms with van der Waals surface area (Å²) in [7, 11) is 0. The van der Waals surface area contributed by atoms with E-state index in [2.05, 4.69) is 5.32 Å². The van der Waals surface area contributed by atoms with Gasteiger partial charge in [-0.3, -0.25) is 4.79 Å². The molecule has 148 valence electrons. The van der Waals surface area contributed by atoms with Crippen molar-refractivity contribution in [2.24, 2.45) is 0 Å². The third-order valence-electron chi connectivity index (χ3n) is 4.67. The molecule has 1 heterocycles. The number of ketones is 1. The van der Waals surface area contributed by atoms with Gasteiger partial charge in [0.05, 0.1) is 5.56 Å². The maximum Gasteiger partial charge on any atom is 0.416 e. The van der Waals surface area contributed by atoms with Gasteiger partial charge in [0, 0.05) is 43.1 Å². The summed E-state index contributed by atoms with van der Waals surface area (Å²) in [6, 6.07) is 11.5. The van der Waals surface area contributed by atoms with E-state index >= 15 is 0 Å². The average Bonchev–Trinajstić information content (AvgIpc) is 2.68. The van der Waals surface area contributed by atoms with Gasteiger partial charge < -0.3 is 15.1 Å². The van der Waals surface area contributed by atoms with E-state index in [0.717, 1.165) is 12.1 Å². The first-order valence-corrected chi connectivity index (χ1v) is 8.83. The van der Waals surface area contributed by atoms with Gasteiger partial charge in [-0.1, -0.05) is 0 Å². The number of hydrogen-bond acceptors (Lipinski definition) is 3. The van der Waals surface area contributed by atoms with E-state index < -0.39 is 11.7 Å². The first kappa shape index (κ1) is 19.7. The molecule has 2 aromatic rings. The average molecular weight is 391 g/mol. The summed E-state index contributed by atoms with van der Waals surface area (Å²) >= 11 is 0. The number of urea groups is 1. The highest BCUT2D eigenvalue weighted by atomic mass is 19.4. The normalized spacial score (nSPS) is 14.7. The fourth-order valence-corrected chi connectivity index (χ4v) is 3.02. The Kier molecular flexibility index (Phi) is 5.58. The number of carbonyl (C=O) groups is 2. The molecule has 0 aliphatic carbocycles. The van der Waals surface area contributed by atoms with Gasteiger partial charge in [0.2, 0.25) is 0 Å². The zero-order valence-electron chi connectivity index (χ0n) is 15.3. The molecule has 1 saturated heterocycles. The van der Waals surface area contributed by atoms with Crippen molar-refractivity contribution in [2.45, 2.75) is 13.1 Å². The molecule has 0 saturated carbocycles. The van der Waals surface area contributed by atoms with Crippen molar-refractivity contribution >= 4 is 23.2 Å². The molecule has 1 aliphatic rings. The van der Waals surface area contributed by atoms with Crippen molar-refractivity contribution in [3.63, 3.8) is 0 Å². The molecule has 0 unspecified atom stereocenters. The summed E-state index contributed by atoms with van der Waals surface area (Å²) < 4.78 is 38.0. The molecule has 8 heteroatoms. The van der Waals surface area contributed by atoms with Crippen LogP contribution in [-0.4, -0.2) is 42.9 Å². The van der Waals surface area contributed by atoms with Crippen LogP contribution >= 0.6 is 0 Å². The van der Waals surface area contributed by atoms with Crippen LogP contribution in [0.4, 0.5) is 29.3 Å². The van der Waals surface area contributed by atoms with E-state index in [1.165, 1.54) is 19.1 Å². The number of alkyl halides is 3. The van der Waals surface area contributed by atoms with Gasteiger partial charge in [-0.25, -0.2) is 4.79 Å². The molecule has 1 aliphatic heterocycles. The third kappa shape index (κ3) is 4.62. The predicted molar refractivity (Wildman–Crippen MR) is 101 cm³/mol. The van der Waals surface area contributed by atoms with Crippen LogP contribution in [0.15, 0.2) is 48.5 Å². The molecule has 2 amide bonds. The molecule has 0 aromatic heterocycles. The maximum atomic E-state index is 12.7. The second kappa shape index (κ2) is 7.92. The van der Waals surface area contributed by atoms with Gasteiger partial charge in [-0.15, -0.1) is 0 Å². The monoisotopic (exact) mass is 391 g/mol. The Bertz CT molecular complexity index is 840. The number of carbonyl (C=O) groups excluding carboxylic acids is 2. The van der Waals surface area contributed by atoms with E-state index in [9.17, 15) is 22.8 Å². The van der Waals surface area contributed by atoms with Gasteiger partial charge >= 0.3 is 12.2 Å². The minimum absolute atomic E-state index is 0.0442. The molecule has 0 spiro atoms. The fraction of sp³-hybridized carbons (Fsp3) is 0.300. The highest BCUT2D eigenvalue weighted by molar-refractivity contribution is 5.95. The molecule has 5 nitrogen and oxygen atoms in total. The topological polar surface area (TPSA) is 52.7 Å². The lowest BCUT2D eigenvalue weighted by molar-refractivity contribution is -0.137. The van der Waals surface area contributed by atoms with Crippen molar-refractivity contribution in [2.75, 3.05) is 36.4 Å². The predicted octanol–water partition coefficient (Wildman–Crippen LogP) is 4.26. The summed E-state index contributed by atoms with van der Waals surface area (Å²) in [5.41, 5.74) is 1.20. The molecule has 1 N–H and O–H groups in total. The van der Waals surface area contributed by atoms with E-state index in [1.54, 1.807) is 29.2 Å². The Morgan fingerprint density at radius 1 is 0.893 bits per heavy atom. The second-order valence-corrected chi connectivity index (χ2v) is 6.58. The van der Waals surface area contributed by atoms with E-state index in [4.69, 9.17) is 0 Å². The lowest BCUT2D eigenvalue weighted by atomic mass is 10.1. The van der Waals surface area contributed by atoms with Crippen molar-refractivity contribution < 1.29 is 22.8 Å². The largest absolute Gasteiger partial charge is 0.416 e. The van der Waals surface area contributed by atoms with E-state index in [1.807, 2.05) is 4.90 Å². The Labute approximate surface area is 160 Å². The lowest BCUT2D eigenvalue weighted by Gasteiger charge is -2.36. The quantitative estimate of drug-likeness (QED) is 0.796. The zero-order valence-corrected chi connectivity index (χ0v) is 15.3. The molecule has 28 heavy (non-hydrogen) atoms. The third-order valence-corrected chi connectivity index (χ3v) is 4.67. The van der Waals surface area contributed by atoms with Crippen molar-refractivity contribution in [1.82, 2.24) is 4.90 Å². The molecule has 3 rings (SSSR count). The van der Waals surface area contributed by atoms with Gasteiger partial charge in [0.1, 0.15) is 0 Å². The summed E-state index contributed by atoms with van der Waals surface area (Å²) in [6.45, 7) is 3.45. The summed E-state index contributed by atoms with van der Waals surface area (Å²) in [5, 5.41) is 2.79. The van der Waals surface area contributed by atoms with Crippen molar-refractivity contribution in [1.29, 1.82) is 0 Å². The van der Waals surface area contributed by atoms with Crippen LogP contribution in [0.5, 0.6) is 0 Å². The summed E-state index contributed by atoms with van der Waals surface area (Å²) in [6.07, 6.45) is -4.35. The molecular weight excluding hydrogens is 371 g/mol. The number of anilines is 2. The zero-order chi connectivity index (χ0) is 20.3. The van der Waals surface area contributed by atoms with Crippen molar-refractivity contribution in [3.8, 4) is 0 Å². The number of piperazine rings is 1. The molecular formula is C20H20F3N3O2. The van der Waals surface area contributed by atoms with Crippen LogP contribution in [-0.2, 0) is 6.18 Å². The van der Waals surface area contributed by atoms with Crippen molar-refractivity contribution in [3.05, 3.63) is 59.7 Å². The lowest BCUT2D eigenvalue weighted by Crippen LogP contribution is -2.50. The first-order chi connectivity index (χ1) is 13.2. The number of benzene rings is 2. The Morgan fingerprint density at radius 2 is 1.46 bits per heavy atom. The summed E-state index contributed by atoms with van der Waals surface area (Å²) in [5.74, 6) is -0.0442. The Hall–Kier alpha value is -3.03. The number of nitrogens with zero attached hydrogens (tertiary/aromatic N) is 2. The number of hydrogen-bond donors (Lipinski definition) is 1. The molecule has 0 radical (unpaired) electrons. The molecule has 0 bridgehead atoms. The first-order valence-electron chi connectivity index (χ1n) is 8.83. The van der Waals surface area contributed by atoms with Gasteiger partial charge in [0.25, 0.3) is 0 Å². The number of nitrogens with one attached hydrogen (secondary N) is 1. The Morgan fingerprint density at radius 3 is 1.96 bits per heavy atom. The molecule has 0 atom stereocenters. The van der Waals surface area contributed by atoms with Gasteiger partial charge in [-0.05, 0) is 55.5 Å². The number of rotatable bonds is 3. The SMILES string of the molecule is CC(=O)c1ccc(NC(=O)N2CCN(c3ccc(C(F)(F)F)cc3)CC2)cc1. The standard InChI is InChI=1S/C20H20F3N3O2/c1-14(27)15-2-6-17(7-3-15)24-19(28)26-12-10-25(11-13-26)18-8-4-16(5-9-18)20(21,22)23/h2-9H,10-13H2,1H3,(H,24,28). The number of Topliss-reactive ketones (excluding diaryl/α,β-unsaturated/α-hetero) is 1. The van der Waals surface area contributed by atoms with Crippen LogP contribution in [0.3, 0.4) is 0 Å². The Balaban J connectivity index is 1.54. The summed E-state index contributed by atoms with van der Waals surface area (Å²) in [4.78, 5) is 27.3. The number of halogens is 3. The van der Waals surface area contributed by atoms with Gasteiger partial charge in [-0.2, -0.15) is 13.2 Å². The second-order valence-electron chi connectivity index (χ2n) is 6.58. The molecule has 1 fully saturated rings. The minimum Gasteiger partial charge on any atom is -0.368 e. The van der Waals surface area contributed by atoms with Crippen LogP contribution < -0.4 is 10.2 Å². The van der Waals surface area contributed by atoms with E-state index in [-0.39, 0.29) is 11.8 Å². The van der Waals surface area contributed by atoms with E-state index in [0.29, 0.717) is 43.1 Å². The van der Waals surface area contributed by atoms with Crippen LogP contribution in [0.25, 0.3) is 0 Å². The van der Waals surface area contributed by atoms with Gasteiger partial charge in [0.15, 0.2) is 5.78 Å². The van der Waals surface area contributed by atoms with Crippen LogP contribution in [0, 0.1) is 0 Å². The minimum atomic E-state index is -4.35.